The van der Waals surface area contributed by atoms with Gasteiger partial charge in [-0.15, -0.1) is 0 Å². The summed E-state index contributed by atoms with van der Waals surface area (Å²) < 4.78 is 0. The molecule has 1 aromatic carbocycles. The van der Waals surface area contributed by atoms with Gasteiger partial charge in [0.25, 0.3) is 0 Å². The fourth-order valence-electron chi connectivity index (χ4n) is 2.96. The summed E-state index contributed by atoms with van der Waals surface area (Å²) in [5.74, 6) is -1.73. The van der Waals surface area contributed by atoms with Crippen LogP contribution in [0.4, 0.5) is 5.69 Å². The Balaban J connectivity index is 2.09. The zero-order chi connectivity index (χ0) is 14.7. The third-order valence-corrected chi connectivity index (χ3v) is 4.06. The van der Waals surface area contributed by atoms with Crippen molar-refractivity contribution in [1.82, 2.24) is 0 Å². The molecule has 4 nitrogen and oxygen atoms in total. The zero-order valence-corrected chi connectivity index (χ0v) is 11.9. The van der Waals surface area contributed by atoms with Crippen molar-refractivity contribution < 1.29 is 14.7 Å². The molecule has 2 rings (SSSR count). The molecule has 0 aromatic heterocycles. The summed E-state index contributed by atoms with van der Waals surface area (Å²) in [5, 5.41) is 12.1. The average molecular weight is 275 g/mol. The van der Waals surface area contributed by atoms with E-state index in [1.807, 2.05) is 31.2 Å². The van der Waals surface area contributed by atoms with E-state index >= 15 is 0 Å². The Labute approximate surface area is 119 Å². The lowest BCUT2D eigenvalue weighted by Crippen LogP contribution is -2.30. The summed E-state index contributed by atoms with van der Waals surface area (Å²) in [6.45, 7) is 4.06. The number of amides is 1. The van der Waals surface area contributed by atoms with Crippen LogP contribution in [-0.4, -0.2) is 17.0 Å². The Hall–Kier alpha value is -1.84. The largest absolute Gasteiger partial charge is 0.481 e. The zero-order valence-electron chi connectivity index (χ0n) is 11.9. The smallest absolute Gasteiger partial charge is 0.307 e. The number of carboxylic acid groups (broad SMARTS) is 1. The Morgan fingerprint density at radius 1 is 1.30 bits per heavy atom. The Kier molecular flexibility index (Phi) is 4.42. The molecule has 0 spiro atoms. The summed E-state index contributed by atoms with van der Waals surface area (Å²) in [6, 6.07) is 7.69. The van der Waals surface area contributed by atoms with Gasteiger partial charge in [0.2, 0.25) is 5.91 Å². The molecule has 1 amide bonds. The van der Waals surface area contributed by atoms with Gasteiger partial charge in [0, 0.05) is 5.69 Å². The fourth-order valence-corrected chi connectivity index (χ4v) is 2.96. The molecule has 0 heterocycles. The number of carbonyl (C=O) groups is 2. The molecule has 1 saturated carbocycles. The molecule has 1 aliphatic rings. The van der Waals surface area contributed by atoms with Crippen molar-refractivity contribution >= 4 is 17.6 Å². The number of carbonyl (C=O) groups excluding carboxylic acids is 1. The first-order valence-corrected chi connectivity index (χ1v) is 7.13. The van der Waals surface area contributed by atoms with Crippen LogP contribution in [0, 0.1) is 17.8 Å². The van der Waals surface area contributed by atoms with Gasteiger partial charge in [0.1, 0.15) is 0 Å². The number of carboxylic acids is 1. The first-order valence-electron chi connectivity index (χ1n) is 7.13. The highest BCUT2D eigenvalue weighted by atomic mass is 16.4. The number of nitrogens with one attached hydrogen (secondary N) is 1. The monoisotopic (exact) mass is 275 g/mol. The van der Waals surface area contributed by atoms with E-state index in [0.29, 0.717) is 12.8 Å². The number of aryl methyl sites for hydroxylation is 1. The first kappa shape index (κ1) is 14.6. The van der Waals surface area contributed by atoms with Crippen molar-refractivity contribution in [3.8, 4) is 0 Å². The lowest BCUT2D eigenvalue weighted by atomic mass is 9.95. The molecule has 3 atom stereocenters. The molecule has 0 saturated heterocycles. The van der Waals surface area contributed by atoms with Gasteiger partial charge in [0.15, 0.2) is 0 Å². The minimum absolute atomic E-state index is 0.171. The predicted molar refractivity (Wildman–Crippen MR) is 77.5 cm³/mol. The van der Waals surface area contributed by atoms with E-state index in [2.05, 4.69) is 12.2 Å². The molecule has 20 heavy (non-hydrogen) atoms. The minimum atomic E-state index is -0.864. The van der Waals surface area contributed by atoms with Crippen LogP contribution in [0.2, 0.25) is 0 Å². The van der Waals surface area contributed by atoms with E-state index in [4.69, 9.17) is 0 Å². The standard InChI is InChI=1S/C16H21NO3/c1-3-11-5-4-6-12(9-11)17-15(18)13-7-10(2)8-14(13)16(19)20/h4-6,9-10,13-14H,3,7-8H2,1-2H3,(H,17,18)(H,19,20)/t10?,13-,14+/m0/s1. The molecule has 1 aliphatic carbocycles. The van der Waals surface area contributed by atoms with Gasteiger partial charge in [0.05, 0.1) is 11.8 Å². The summed E-state index contributed by atoms with van der Waals surface area (Å²) in [4.78, 5) is 23.5. The Morgan fingerprint density at radius 3 is 2.65 bits per heavy atom. The van der Waals surface area contributed by atoms with Crippen LogP contribution in [0.3, 0.4) is 0 Å². The van der Waals surface area contributed by atoms with E-state index in [1.165, 1.54) is 0 Å². The Morgan fingerprint density at radius 2 is 2.00 bits per heavy atom. The van der Waals surface area contributed by atoms with Crippen molar-refractivity contribution in [1.29, 1.82) is 0 Å². The van der Waals surface area contributed by atoms with Gasteiger partial charge in [-0.1, -0.05) is 26.0 Å². The molecule has 0 radical (unpaired) electrons. The van der Waals surface area contributed by atoms with E-state index in [0.717, 1.165) is 17.7 Å². The topological polar surface area (TPSA) is 66.4 Å². The molecule has 1 unspecified atom stereocenters. The first-order chi connectivity index (χ1) is 9.51. The van der Waals surface area contributed by atoms with Crippen LogP contribution in [0.25, 0.3) is 0 Å². The summed E-state index contributed by atoms with van der Waals surface area (Å²) in [7, 11) is 0. The number of anilines is 1. The molecular formula is C16H21NO3. The third-order valence-electron chi connectivity index (χ3n) is 4.06. The lowest BCUT2D eigenvalue weighted by molar-refractivity contribution is -0.145. The highest BCUT2D eigenvalue weighted by Gasteiger charge is 2.41. The molecule has 4 heteroatoms. The molecule has 1 aromatic rings. The molecule has 1 fully saturated rings. The second-order valence-electron chi connectivity index (χ2n) is 5.67. The van der Waals surface area contributed by atoms with Crippen LogP contribution in [-0.2, 0) is 16.0 Å². The van der Waals surface area contributed by atoms with Crippen LogP contribution >= 0.6 is 0 Å². The average Bonchev–Trinajstić information content (AvgIpc) is 2.81. The normalized spacial score (nSPS) is 25.4. The van der Waals surface area contributed by atoms with E-state index in [-0.39, 0.29) is 11.8 Å². The van der Waals surface area contributed by atoms with Gasteiger partial charge in [-0.2, -0.15) is 0 Å². The van der Waals surface area contributed by atoms with E-state index in [9.17, 15) is 14.7 Å². The van der Waals surface area contributed by atoms with Gasteiger partial charge in [-0.25, -0.2) is 0 Å². The van der Waals surface area contributed by atoms with Crippen molar-refractivity contribution in [3.05, 3.63) is 29.8 Å². The number of hydrogen-bond acceptors (Lipinski definition) is 2. The van der Waals surface area contributed by atoms with Crippen molar-refractivity contribution in [3.63, 3.8) is 0 Å². The maximum Gasteiger partial charge on any atom is 0.307 e. The van der Waals surface area contributed by atoms with Crippen LogP contribution < -0.4 is 5.32 Å². The maximum atomic E-state index is 12.3. The molecular weight excluding hydrogens is 254 g/mol. The van der Waals surface area contributed by atoms with Gasteiger partial charge in [-0.05, 0) is 42.9 Å². The summed E-state index contributed by atoms with van der Waals surface area (Å²) >= 11 is 0. The predicted octanol–water partition coefficient (Wildman–Crippen LogP) is 2.93. The van der Waals surface area contributed by atoms with Crippen molar-refractivity contribution in [2.24, 2.45) is 17.8 Å². The molecule has 108 valence electrons. The molecule has 0 bridgehead atoms. The fraction of sp³-hybridized carbons (Fsp3) is 0.500. The minimum Gasteiger partial charge on any atom is -0.481 e. The van der Waals surface area contributed by atoms with E-state index < -0.39 is 17.8 Å². The molecule has 0 aliphatic heterocycles. The third kappa shape index (κ3) is 3.18. The van der Waals surface area contributed by atoms with Gasteiger partial charge >= 0.3 is 5.97 Å². The second-order valence-corrected chi connectivity index (χ2v) is 5.67. The van der Waals surface area contributed by atoms with Crippen molar-refractivity contribution in [2.45, 2.75) is 33.1 Å². The van der Waals surface area contributed by atoms with Crippen LogP contribution in [0.15, 0.2) is 24.3 Å². The number of hydrogen-bond donors (Lipinski definition) is 2. The van der Waals surface area contributed by atoms with Gasteiger partial charge < -0.3 is 10.4 Å². The van der Waals surface area contributed by atoms with Crippen LogP contribution in [0.5, 0.6) is 0 Å². The highest BCUT2D eigenvalue weighted by Crippen LogP contribution is 2.37. The summed E-state index contributed by atoms with van der Waals surface area (Å²) in [6.07, 6.45) is 2.14. The number of rotatable bonds is 4. The second kappa shape index (κ2) is 6.07. The molecule has 2 N–H and O–H groups in total. The number of aliphatic carboxylic acids is 1. The van der Waals surface area contributed by atoms with Crippen molar-refractivity contribution in [2.75, 3.05) is 5.32 Å². The summed E-state index contributed by atoms with van der Waals surface area (Å²) in [5.41, 5.74) is 1.90. The quantitative estimate of drug-likeness (QED) is 0.887. The van der Waals surface area contributed by atoms with Gasteiger partial charge in [-0.3, -0.25) is 9.59 Å². The lowest BCUT2D eigenvalue weighted by Gasteiger charge is -2.15. The van der Waals surface area contributed by atoms with E-state index in [1.54, 1.807) is 0 Å². The highest BCUT2D eigenvalue weighted by molar-refractivity contribution is 5.95. The number of benzene rings is 1. The SMILES string of the molecule is CCc1cccc(NC(=O)[C@H]2CC(C)C[C@H]2C(=O)O)c1. The maximum absolute atomic E-state index is 12.3. The van der Waals surface area contributed by atoms with Crippen LogP contribution in [0.1, 0.15) is 32.3 Å². The Bertz CT molecular complexity index is 512.